The van der Waals surface area contributed by atoms with E-state index in [9.17, 15) is 4.79 Å². The van der Waals surface area contributed by atoms with Gasteiger partial charge in [-0.1, -0.05) is 36.4 Å². The number of ether oxygens (including phenoxy) is 3. The van der Waals surface area contributed by atoms with E-state index in [2.05, 4.69) is 4.99 Å². The Morgan fingerprint density at radius 2 is 1.73 bits per heavy atom. The van der Waals surface area contributed by atoms with Crippen LogP contribution in [0.15, 0.2) is 71.4 Å². The van der Waals surface area contributed by atoms with Gasteiger partial charge in [0.25, 0.3) is 0 Å². The fourth-order valence-electron chi connectivity index (χ4n) is 3.02. The molecule has 0 N–H and O–H groups in total. The highest BCUT2D eigenvalue weighted by atomic mass is 16.7. The maximum atomic E-state index is 12.2. The van der Waals surface area contributed by atoms with Gasteiger partial charge in [-0.05, 0) is 46.7 Å². The topological polar surface area (TPSA) is 57.1 Å². The highest BCUT2D eigenvalue weighted by Crippen LogP contribution is 2.33. The number of hydrogen-bond donors (Lipinski definition) is 0. The molecule has 3 aromatic carbocycles. The summed E-state index contributed by atoms with van der Waals surface area (Å²) >= 11 is 0. The van der Waals surface area contributed by atoms with E-state index in [0.29, 0.717) is 17.1 Å². The molecule has 0 radical (unpaired) electrons. The second-order valence-electron chi connectivity index (χ2n) is 6.01. The van der Waals surface area contributed by atoms with E-state index < -0.39 is 5.97 Å². The molecule has 2 heterocycles. The quantitative estimate of drug-likeness (QED) is 0.523. The molecule has 5 nitrogen and oxygen atoms in total. The van der Waals surface area contributed by atoms with Crippen molar-refractivity contribution in [3.05, 3.63) is 77.5 Å². The van der Waals surface area contributed by atoms with Gasteiger partial charge in [-0.2, -0.15) is 0 Å². The first-order valence-electron chi connectivity index (χ1n) is 8.18. The average molecular weight is 343 g/mol. The zero-order valence-corrected chi connectivity index (χ0v) is 13.6. The van der Waals surface area contributed by atoms with Crippen LogP contribution in [0.4, 0.5) is 0 Å². The molecule has 0 aromatic heterocycles. The minimum absolute atomic E-state index is 0.193. The largest absolute Gasteiger partial charge is 0.454 e. The van der Waals surface area contributed by atoms with Crippen molar-refractivity contribution in [1.29, 1.82) is 0 Å². The third kappa shape index (κ3) is 2.50. The average Bonchev–Trinajstić information content (AvgIpc) is 3.28. The molecule has 26 heavy (non-hydrogen) atoms. The van der Waals surface area contributed by atoms with Crippen molar-refractivity contribution in [2.75, 3.05) is 6.79 Å². The van der Waals surface area contributed by atoms with Crippen molar-refractivity contribution in [2.45, 2.75) is 0 Å². The van der Waals surface area contributed by atoms with Gasteiger partial charge in [-0.25, -0.2) is 9.79 Å². The standard InChI is InChI=1S/C21H13NO4/c23-21-17(10-13-5-6-14-3-1-2-4-15(14)9-13)22-20(26-21)16-7-8-18-19(11-16)25-12-24-18/h1-11H,12H2/b17-10+. The smallest absolute Gasteiger partial charge is 0.363 e. The number of nitrogens with zero attached hydrogens (tertiary/aromatic N) is 1. The predicted molar refractivity (Wildman–Crippen MR) is 97.1 cm³/mol. The molecule has 0 saturated carbocycles. The second-order valence-corrected chi connectivity index (χ2v) is 6.01. The van der Waals surface area contributed by atoms with Gasteiger partial charge in [-0.3, -0.25) is 0 Å². The molecule has 0 spiro atoms. The van der Waals surface area contributed by atoms with Crippen LogP contribution in [0.25, 0.3) is 16.8 Å². The Labute approximate surface area is 149 Å². The van der Waals surface area contributed by atoms with Gasteiger partial charge in [0.2, 0.25) is 12.7 Å². The molecule has 3 aromatic rings. The number of carbonyl (C=O) groups is 1. The minimum atomic E-state index is -0.467. The van der Waals surface area contributed by atoms with Crippen molar-refractivity contribution >= 4 is 28.7 Å². The highest BCUT2D eigenvalue weighted by Gasteiger charge is 2.25. The molecule has 0 fully saturated rings. The summed E-state index contributed by atoms with van der Waals surface area (Å²) in [7, 11) is 0. The van der Waals surface area contributed by atoms with E-state index in [0.717, 1.165) is 16.3 Å². The van der Waals surface area contributed by atoms with Crippen LogP contribution in [0.1, 0.15) is 11.1 Å². The van der Waals surface area contributed by atoms with Crippen LogP contribution in [-0.4, -0.2) is 18.7 Å². The molecule has 5 rings (SSSR count). The molecule has 0 atom stereocenters. The molecular weight excluding hydrogens is 330 g/mol. The van der Waals surface area contributed by atoms with Crippen molar-refractivity contribution < 1.29 is 19.0 Å². The summed E-state index contributed by atoms with van der Waals surface area (Å²) < 4.78 is 16.0. The van der Waals surface area contributed by atoms with E-state index in [1.807, 2.05) is 42.5 Å². The maximum absolute atomic E-state index is 12.2. The molecule has 5 heteroatoms. The Morgan fingerprint density at radius 1 is 0.885 bits per heavy atom. The van der Waals surface area contributed by atoms with Gasteiger partial charge >= 0.3 is 5.97 Å². The molecule has 2 aliphatic rings. The van der Waals surface area contributed by atoms with Crippen LogP contribution >= 0.6 is 0 Å². The molecule has 0 bridgehead atoms. The van der Waals surface area contributed by atoms with Crippen molar-refractivity contribution in [2.24, 2.45) is 4.99 Å². The van der Waals surface area contributed by atoms with Crippen molar-refractivity contribution in [3.63, 3.8) is 0 Å². The molecule has 0 amide bonds. The normalized spacial score (nSPS) is 16.8. The Kier molecular flexibility index (Phi) is 3.25. The van der Waals surface area contributed by atoms with E-state index in [4.69, 9.17) is 14.2 Å². The van der Waals surface area contributed by atoms with Gasteiger partial charge in [0, 0.05) is 5.56 Å². The summed E-state index contributed by atoms with van der Waals surface area (Å²) in [6, 6.07) is 19.4. The van der Waals surface area contributed by atoms with Gasteiger partial charge < -0.3 is 14.2 Å². The first-order chi connectivity index (χ1) is 12.8. The van der Waals surface area contributed by atoms with Crippen LogP contribution in [0.2, 0.25) is 0 Å². The van der Waals surface area contributed by atoms with Gasteiger partial charge in [0.1, 0.15) is 0 Å². The summed E-state index contributed by atoms with van der Waals surface area (Å²) in [6.07, 6.45) is 1.73. The predicted octanol–water partition coefficient (Wildman–Crippen LogP) is 3.91. The molecule has 0 aliphatic carbocycles. The van der Waals surface area contributed by atoms with Gasteiger partial charge in [0.15, 0.2) is 17.2 Å². The van der Waals surface area contributed by atoms with E-state index >= 15 is 0 Å². The zero-order chi connectivity index (χ0) is 17.5. The van der Waals surface area contributed by atoms with E-state index in [1.54, 1.807) is 24.3 Å². The Morgan fingerprint density at radius 3 is 2.65 bits per heavy atom. The molecule has 126 valence electrons. The number of fused-ring (bicyclic) bond motifs is 2. The van der Waals surface area contributed by atoms with Crippen molar-refractivity contribution in [1.82, 2.24) is 0 Å². The van der Waals surface area contributed by atoms with Crippen molar-refractivity contribution in [3.8, 4) is 11.5 Å². The number of esters is 1. The van der Waals surface area contributed by atoms with Crippen LogP contribution in [0.5, 0.6) is 11.5 Å². The third-order valence-electron chi connectivity index (χ3n) is 4.32. The molecule has 2 aliphatic heterocycles. The van der Waals surface area contributed by atoms with E-state index in [-0.39, 0.29) is 18.4 Å². The summed E-state index contributed by atoms with van der Waals surface area (Å²) in [5.74, 6) is 1.09. The lowest BCUT2D eigenvalue weighted by Crippen LogP contribution is -2.05. The number of rotatable bonds is 2. The molecule has 0 unspecified atom stereocenters. The van der Waals surface area contributed by atoms with Crippen LogP contribution in [0.3, 0.4) is 0 Å². The number of benzene rings is 3. The highest BCUT2D eigenvalue weighted by molar-refractivity contribution is 6.13. The lowest BCUT2D eigenvalue weighted by molar-refractivity contribution is -0.129. The molecule has 0 saturated heterocycles. The first-order valence-corrected chi connectivity index (χ1v) is 8.18. The van der Waals surface area contributed by atoms with Gasteiger partial charge in [0.05, 0.1) is 0 Å². The number of aliphatic imine (C=N–C) groups is 1. The van der Waals surface area contributed by atoms with E-state index in [1.165, 1.54) is 0 Å². The number of hydrogen-bond acceptors (Lipinski definition) is 5. The number of cyclic esters (lactones) is 1. The lowest BCUT2D eigenvalue weighted by Gasteiger charge is -2.01. The molecular formula is C21H13NO4. The summed E-state index contributed by atoms with van der Waals surface area (Å²) in [5, 5.41) is 2.25. The monoisotopic (exact) mass is 343 g/mol. The Hall–Kier alpha value is -3.60. The SMILES string of the molecule is O=C1OC(c2ccc3c(c2)OCO3)=N/C1=C/c1ccc2ccccc2c1. The Bertz CT molecular complexity index is 1110. The second kappa shape index (κ2) is 5.74. The first kappa shape index (κ1) is 14.7. The Balaban J connectivity index is 1.50. The fraction of sp³-hybridized carbons (Fsp3) is 0.0476. The zero-order valence-electron chi connectivity index (χ0n) is 13.6. The minimum Gasteiger partial charge on any atom is -0.454 e. The van der Waals surface area contributed by atoms with Crippen LogP contribution < -0.4 is 9.47 Å². The maximum Gasteiger partial charge on any atom is 0.363 e. The third-order valence-corrected chi connectivity index (χ3v) is 4.32. The van der Waals surface area contributed by atoms with Gasteiger partial charge in [-0.15, -0.1) is 0 Å². The summed E-state index contributed by atoms with van der Waals surface area (Å²) in [4.78, 5) is 16.5. The fourth-order valence-corrected chi connectivity index (χ4v) is 3.02. The summed E-state index contributed by atoms with van der Waals surface area (Å²) in [5.41, 5.74) is 1.84. The van der Waals surface area contributed by atoms with Crippen LogP contribution in [-0.2, 0) is 9.53 Å². The summed E-state index contributed by atoms with van der Waals surface area (Å²) in [6.45, 7) is 0.193. The lowest BCUT2D eigenvalue weighted by atomic mass is 10.1. The number of carbonyl (C=O) groups excluding carboxylic acids is 1. The van der Waals surface area contributed by atoms with Crippen LogP contribution in [0, 0.1) is 0 Å².